The van der Waals surface area contributed by atoms with Crippen molar-refractivity contribution in [2.45, 2.75) is 19.8 Å². The molecule has 106 valence electrons. The van der Waals surface area contributed by atoms with Crippen LogP contribution in [0.1, 0.15) is 29.4 Å². The van der Waals surface area contributed by atoms with E-state index in [0.29, 0.717) is 16.3 Å². The summed E-state index contributed by atoms with van der Waals surface area (Å²) in [5, 5.41) is 3.60. The molecule has 1 aromatic heterocycles. The van der Waals surface area contributed by atoms with E-state index >= 15 is 0 Å². The van der Waals surface area contributed by atoms with Crippen LogP contribution in [0.15, 0.2) is 0 Å². The number of nitrogens with zero attached hydrogens (tertiary/aromatic N) is 1. The lowest BCUT2D eigenvalue weighted by Crippen LogP contribution is -2.19. The highest BCUT2D eigenvalue weighted by molar-refractivity contribution is 7.19. The number of hydrogen-bond acceptors (Lipinski definition) is 5. The minimum Gasteiger partial charge on any atom is -0.492 e. The summed E-state index contributed by atoms with van der Waals surface area (Å²) in [5.41, 5.74) is 6.47. The molecule has 3 N–H and O–H groups in total. The molecule has 1 amide bonds. The van der Waals surface area contributed by atoms with Gasteiger partial charge in [0, 0.05) is 20.1 Å². The molecule has 1 saturated heterocycles. The van der Waals surface area contributed by atoms with Gasteiger partial charge in [0.1, 0.15) is 15.6 Å². The summed E-state index contributed by atoms with van der Waals surface area (Å²) < 4.78 is 5.40. The van der Waals surface area contributed by atoms with Crippen LogP contribution < -0.4 is 20.7 Å². The van der Waals surface area contributed by atoms with Crippen LogP contribution in [0.4, 0.5) is 10.7 Å². The molecule has 0 saturated carbocycles. The third-order valence-electron chi connectivity index (χ3n) is 3.67. The van der Waals surface area contributed by atoms with Crippen molar-refractivity contribution in [2.24, 2.45) is 5.92 Å². The van der Waals surface area contributed by atoms with Crippen LogP contribution in [0, 0.1) is 5.92 Å². The van der Waals surface area contributed by atoms with Crippen molar-refractivity contribution in [3.05, 3.63) is 4.88 Å². The summed E-state index contributed by atoms with van der Waals surface area (Å²) in [5.74, 6) is 1.20. The lowest BCUT2D eigenvalue weighted by atomic mass is 10.1. The molecule has 1 atom stereocenters. The average molecular weight is 283 g/mol. The van der Waals surface area contributed by atoms with Crippen molar-refractivity contribution in [1.29, 1.82) is 0 Å². The second-order valence-corrected chi connectivity index (χ2v) is 5.77. The van der Waals surface area contributed by atoms with Crippen LogP contribution in [0.3, 0.4) is 0 Å². The third kappa shape index (κ3) is 2.49. The third-order valence-corrected chi connectivity index (χ3v) is 4.92. The van der Waals surface area contributed by atoms with Gasteiger partial charge in [0.2, 0.25) is 0 Å². The summed E-state index contributed by atoms with van der Waals surface area (Å²) in [4.78, 5) is 14.6. The lowest BCUT2D eigenvalue weighted by Gasteiger charge is -2.17. The summed E-state index contributed by atoms with van der Waals surface area (Å²) in [6.45, 7) is 4.23. The van der Waals surface area contributed by atoms with E-state index in [1.165, 1.54) is 24.2 Å². The smallest absolute Gasteiger partial charge is 0.263 e. The van der Waals surface area contributed by atoms with Crippen LogP contribution in [0.25, 0.3) is 0 Å². The summed E-state index contributed by atoms with van der Waals surface area (Å²) in [6.07, 6.45) is 2.37. The van der Waals surface area contributed by atoms with Crippen molar-refractivity contribution in [1.82, 2.24) is 5.32 Å². The fourth-order valence-corrected chi connectivity index (χ4v) is 3.63. The number of rotatable bonds is 4. The van der Waals surface area contributed by atoms with Crippen LogP contribution >= 0.6 is 11.3 Å². The Bertz CT molecular complexity index is 473. The van der Waals surface area contributed by atoms with E-state index in [4.69, 9.17) is 10.5 Å². The highest BCUT2D eigenvalue weighted by Gasteiger charge is 2.29. The Labute approximate surface area is 117 Å². The molecule has 6 heteroatoms. The number of ether oxygens (including phenoxy) is 1. The topological polar surface area (TPSA) is 67.6 Å². The summed E-state index contributed by atoms with van der Waals surface area (Å²) in [6, 6.07) is 0. The maximum absolute atomic E-state index is 11.8. The highest BCUT2D eigenvalue weighted by atomic mass is 32.1. The van der Waals surface area contributed by atoms with E-state index in [-0.39, 0.29) is 5.91 Å². The summed E-state index contributed by atoms with van der Waals surface area (Å²) >= 11 is 1.42. The van der Waals surface area contributed by atoms with Crippen molar-refractivity contribution < 1.29 is 9.53 Å². The molecule has 2 heterocycles. The van der Waals surface area contributed by atoms with E-state index in [1.54, 1.807) is 14.2 Å². The monoisotopic (exact) mass is 283 g/mol. The number of methoxy groups -OCH3 is 1. The second kappa shape index (κ2) is 5.69. The molecular weight excluding hydrogens is 262 g/mol. The van der Waals surface area contributed by atoms with E-state index in [1.807, 2.05) is 0 Å². The van der Waals surface area contributed by atoms with E-state index in [0.717, 1.165) is 24.0 Å². The molecule has 1 aliphatic heterocycles. The quantitative estimate of drug-likeness (QED) is 0.886. The maximum Gasteiger partial charge on any atom is 0.263 e. The highest BCUT2D eigenvalue weighted by Crippen LogP contribution is 2.46. The number of thiophene rings is 1. The SMILES string of the molecule is CCC1CCN(c2sc(C(=O)NC)c(N)c2OC)C1. The molecule has 5 nitrogen and oxygen atoms in total. The zero-order chi connectivity index (χ0) is 14.0. The number of anilines is 2. The predicted molar refractivity (Wildman–Crippen MR) is 79.3 cm³/mol. The van der Waals surface area contributed by atoms with E-state index in [9.17, 15) is 4.79 Å². The first-order chi connectivity index (χ1) is 9.12. The molecule has 1 aliphatic rings. The van der Waals surface area contributed by atoms with E-state index < -0.39 is 0 Å². The Morgan fingerprint density at radius 1 is 1.63 bits per heavy atom. The molecular formula is C13H21N3O2S. The Morgan fingerprint density at radius 3 is 2.89 bits per heavy atom. The molecule has 0 aliphatic carbocycles. The predicted octanol–water partition coefficient (Wildman–Crippen LogP) is 1.93. The lowest BCUT2D eigenvalue weighted by molar-refractivity contribution is 0.0967. The van der Waals surface area contributed by atoms with Gasteiger partial charge in [0.25, 0.3) is 5.91 Å². The van der Waals surface area contributed by atoms with Crippen LogP contribution in [0.5, 0.6) is 5.75 Å². The van der Waals surface area contributed by atoms with Gasteiger partial charge in [-0.1, -0.05) is 13.3 Å². The van der Waals surface area contributed by atoms with Gasteiger partial charge >= 0.3 is 0 Å². The fourth-order valence-electron chi connectivity index (χ4n) is 2.45. The van der Waals surface area contributed by atoms with Gasteiger partial charge in [-0.15, -0.1) is 11.3 Å². The Kier molecular flexibility index (Phi) is 4.19. The number of nitrogen functional groups attached to an aromatic ring is 1. The van der Waals surface area contributed by atoms with Crippen molar-refractivity contribution in [3.63, 3.8) is 0 Å². The van der Waals surface area contributed by atoms with Crippen molar-refractivity contribution >= 4 is 27.9 Å². The largest absolute Gasteiger partial charge is 0.492 e. The summed E-state index contributed by atoms with van der Waals surface area (Å²) in [7, 11) is 3.21. The number of nitrogens with one attached hydrogen (secondary N) is 1. The number of carbonyl (C=O) groups excluding carboxylic acids is 1. The fraction of sp³-hybridized carbons (Fsp3) is 0.615. The number of hydrogen-bond donors (Lipinski definition) is 2. The molecule has 1 aromatic rings. The molecule has 19 heavy (non-hydrogen) atoms. The molecule has 1 fully saturated rings. The van der Waals surface area contributed by atoms with Gasteiger partial charge < -0.3 is 20.7 Å². The van der Waals surface area contributed by atoms with Gasteiger partial charge in [-0.3, -0.25) is 4.79 Å². The maximum atomic E-state index is 11.8. The normalized spacial score (nSPS) is 18.7. The minimum atomic E-state index is -0.154. The Hall–Kier alpha value is -1.43. The minimum absolute atomic E-state index is 0.154. The van der Waals surface area contributed by atoms with Gasteiger partial charge in [-0.05, 0) is 12.3 Å². The first kappa shape index (κ1) is 14.0. The number of amides is 1. The van der Waals surface area contributed by atoms with Crippen molar-refractivity contribution in [3.8, 4) is 5.75 Å². The molecule has 0 aromatic carbocycles. The first-order valence-corrected chi connectivity index (χ1v) is 7.37. The average Bonchev–Trinajstić information content (AvgIpc) is 3.01. The van der Waals surface area contributed by atoms with Crippen molar-refractivity contribution in [2.75, 3.05) is 37.9 Å². The van der Waals surface area contributed by atoms with Gasteiger partial charge in [-0.25, -0.2) is 0 Å². The van der Waals surface area contributed by atoms with Gasteiger partial charge in [0.05, 0.1) is 7.11 Å². The first-order valence-electron chi connectivity index (χ1n) is 6.55. The Morgan fingerprint density at radius 2 is 2.37 bits per heavy atom. The number of carbonyl (C=O) groups is 1. The zero-order valence-electron chi connectivity index (χ0n) is 11.7. The number of nitrogens with two attached hydrogens (primary N) is 1. The molecule has 1 unspecified atom stereocenters. The van der Waals surface area contributed by atoms with Crippen LogP contribution in [-0.2, 0) is 0 Å². The molecule has 2 rings (SSSR count). The van der Waals surface area contributed by atoms with Gasteiger partial charge in [-0.2, -0.15) is 0 Å². The van der Waals surface area contributed by atoms with Crippen LogP contribution in [0.2, 0.25) is 0 Å². The second-order valence-electron chi connectivity index (χ2n) is 4.77. The van der Waals surface area contributed by atoms with E-state index in [2.05, 4.69) is 17.1 Å². The molecule has 0 radical (unpaired) electrons. The Balaban J connectivity index is 2.32. The standard InChI is InChI=1S/C13H21N3O2S/c1-4-8-5-6-16(7-8)13-10(18-3)9(14)11(19-13)12(17)15-2/h8H,4-7,14H2,1-3H3,(H,15,17). The zero-order valence-corrected chi connectivity index (χ0v) is 12.5. The van der Waals surface area contributed by atoms with Gasteiger partial charge in [0.15, 0.2) is 5.75 Å². The molecule has 0 spiro atoms. The molecule has 0 bridgehead atoms. The van der Waals surface area contributed by atoms with Crippen LogP contribution in [-0.4, -0.2) is 33.2 Å².